The van der Waals surface area contributed by atoms with Crippen LogP contribution in [0.5, 0.6) is 0 Å². The van der Waals surface area contributed by atoms with Gasteiger partial charge < -0.3 is 9.47 Å². The lowest BCUT2D eigenvalue weighted by molar-refractivity contribution is -0.147. The highest BCUT2D eigenvalue weighted by atomic mass is 79.9. The van der Waals surface area contributed by atoms with E-state index in [2.05, 4.69) is 41.9 Å². The predicted octanol–water partition coefficient (Wildman–Crippen LogP) is 7.80. The van der Waals surface area contributed by atoms with Gasteiger partial charge in [-0.15, -0.1) is 0 Å². The van der Waals surface area contributed by atoms with Crippen molar-refractivity contribution >= 4 is 15.9 Å². The van der Waals surface area contributed by atoms with Gasteiger partial charge in [-0.25, -0.2) is 0 Å². The van der Waals surface area contributed by atoms with Gasteiger partial charge in [0.25, 0.3) is 0 Å². The van der Waals surface area contributed by atoms with Crippen molar-refractivity contribution in [1.29, 1.82) is 0 Å². The first-order valence-corrected chi connectivity index (χ1v) is 11.9. The van der Waals surface area contributed by atoms with Gasteiger partial charge in [-0.3, -0.25) is 0 Å². The maximum absolute atomic E-state index is 5.90. The fourth-order valence-electron chi connectivity index (χ4n) is 2.69. The molecule has 0 bridgehead atoms. The van der Waals surface area contributed by atoms with Crippen molar-refractivity contribution in [3.8, 4) is 0 Å². The summed E-state index contributed by atoms with van der Waals surface area (Å²) >= 11 is 3.45. The highest BCUT2D eigenvalue weighted by molar-refractivity contribution is 9.09. The molecule has 0 spiro atoms. The summed E-state index contributed by atoms with van der Waals surface area (Å²) in [6.45, 7) is 6.10. The minimum absolute atomic E-state index is 0.0319. The molecule has 0 saturated heterocycles. The van der Waals surface area contributed by atoms with Crippen LogP contribution in [0, 0.1) is 0 Å². The summed E-state index contributed by atoms with van der Waals surface area (Å²) in [5, 5.41) is 1.08. The second-order valence-corrected chi connectivity index (χ2v) is 7.67. The molecule has 0 aliphatic carbocycles. The Labute approximate surface area is 166 Å². The van der Waals surface area contributed by atoms with E-state index in [1.54, 1.807) is 0 Å². The largest absolute Gasteiger partial charge is 0.353 e. The average molecular weight is 419 g/mol. The summed E-state index contributed by atoms with van der Waals surface area (Å²) < 4.78 is 11.8. The van der Waals surface area contributed by atoms with Crippen LogP contribution >= 0.6 is 15.9 Å². The molecular weight excluding hydrogens is 376 g/mol. The SMILES string of the molecule is CCCCOC(CCCCCCCCC/C=C\CCBr)OCCCC. The fourth-order valence-corrected chi connectivity index (χ4v) is 2.95. The number of halogens is 1. The summed E-state index contributed by atoms with van der Waals surface area (Å²) in [4.78, 5) is 0. The highest BCUT2D eigenvalue weighted by Gasteiger charge is 2.08. The molecule has 0 heterocycles. The minimum atomic E-state index is 0.0319. The van der Waals surface area contributed by atoms with Gasteiger partial charge in [0, 0.05) is 18.5 Å². The molecule has 0 saturated carbocycles. The molecule has 0 rings (SSSR count). The number of allylic oxidation sites excluding steroid dienone is 2. The maximum atomic E-state index is 5.90. The summed E-state index contributed by atoms with van der Waals surface area (Å²) in [5.74, 6) is 0. The number of unbranched alkanes of at least 4 members (excludes halogenated alkanes) is 9. The van der Waals surface area contributed by atoms with Gasteiger partial charge in [-0.2, -0.15) is 0 Å². The summed E-state index contributed by atoms with van der Waals surface area (Å²) in [7, 11) is 0. The Morgan fingerprint density at radius 2 is 1.20 bits per heavy atom. The van der Waals surface area contributed by atoms with E-state index in [9.17, 15) is 0 Å². The number of alkyl halides is 1. The molecule has 0 atom stereocenters. The first-order valence-electron chi connectivity index (χ1n) is 10.8. The quantitative estimate of drug-likeness (QED) is 0.0867. The molecule has 150 valence electrons. The van der Waals surface area contributed by atoms with Crippen LogP contribution in [0.25, 0.3) is 0 Å². The van der Waals surface area contributed by atoms with Crippen LogP contribution in [0.15, 0.2) is 12.2 Å². The molecule has 0 aromatic heterocycles. The molecule has 0 aliphatic rings. The summed E-state index contributed by atoms with van der Waals surface area (Å²) in [6.07, 6.45) is 22.2. The minimum Gasteiger partial charge on any atom is -0.353 e. The van der Waals surface area contributed by atoms with Gasteiger partial charge in [0.2, 0.25) is 0 Å². The van der Waals surface area contributed by atoms with Gasteiger partial charge in [-0.05, 0) is 44.9 Å². The topological polar surface area (TPSA) is 18.5 Å². The summed E-state index contributed by atoms with van der Waals surface area (Å²) in [5.41, 5.74) is 0. The Balaban J connectivity index is 3.49. The van der Waals surface area contributed by atoms with Crippen molar-refractivity contribution in [2.75, 3.05) is 18.5 Å². The first-order chi connectivity index (χ1) is 12.3. The van der Waals surface area contributed by atoms with Crippen LogP contribution in [-0.2, 0) is 9.47 Å². The lowest BCUT2D eigenvalue weighted by atomic mass is 10.1. The molecule has 0 N–H and O–H groups in total. The standard InChI is InChI=1S/C22H43BrO2/c1-3-5-20-24-22(25-21-6-4-2)18-16-14-12-10-8-7-9-11-13-15-17-19-23/h13,15,22H,3-12,14,16-21H2,1-2H3/b15-13-. The molecule has 0 aromatic rings. The average Bonchev–Trinajstić information content (AvgIpc) is 2.62. The molecule has 2 nitrogen and oxygen atoms in total. The van der Waals surface area contributed by atoms with Gasteiger partial charge in [0.15, 0.2) is 6.29 Å². The lowest BCUT2D eigenvalue weighted by Gasteiger charge is -2.18. The van der Waals surface area contributed by atoms with E-state index in [1.807, 2.05) is 0 Å². The third-order valence-corrected chi connectivity index (χ3v) is 4.81. The van der Waals surface area contributed by atoms with Crippen LogP contribution in [0.2, 0.25) is 0 Å². The second kappa shape index (κ2) is 22.2. The van der Waals surface area contributed by atoms with Gasteiger partial charge in [-0.1, -0.05) is 86.9 Å². The number of hydrogen-bond acceptors (Lipinski definition) is 2. The van der Waals surface area contributed by atoms with Crippen molar-refractivity contribution in [3.63, 3.8) is 0 Å². The van der Waals surface area contributed by atoms with E-state index in [4.69, 9.17) is 9.47 Å². The van der Waals surface area contributed by atoms with E-state index < -0.39 is 0 Å². The fraction of sp³-hybridized carbons (Fsp3) is 0.909. The van der Waals surface area contributed by atoms with E-state index in [1.165, 1.54) is 64.2 Å². The Morgan fingerprint density at radius 3 is 1.76 bits per heavy atom. The number of hydrogen-bond donors (Lipinski definition) is 0. The van der Waals surface area contributed by atoms with Crippen LogP contribution in [0.4, 0.5) is 0 Å². The van der Waals surface area contributed by atoms with Crippen molar-refractivity contribution in [2.24, 2.45) is 0 Å². The van der Waals surface area contributed by atoms with E-state index in [-0.39, 0.29) is 6.29 Å². The number of ether oxygens (including phenoxy) is 2. The molecule has 0 aromatic carbocycles. The smallest absolute Gasteiger partial charge is 0.157 e. The van der Waals surface area contributed by atoms with Crippen molar-refractivity contribution in [2.45, 2.75) is 110 Å². The molecule has 0 unspecified atom stereocenters. The third-order valence-electron chi connectivity index (χ3n) is 4.36. The Morgan fingerprint density at radius 1 is 0.680 bits per heavy atom. The van der Waals surface area contributed by atoms with Crippen LogP contribution in [0.3, 0.4) is 0 Å². The molecule has 0 fully saturated rings. The molecule has 0 amide bonds. The Bertz CT molecular complexity index is 259. The van der Waals surface area contributed by atoms with E-state index in [0.29, 0.717) is 0 Å². The van der Waals surface area contributed by atoms with E-state index in [0.717, 1.165) is 44.2 Å². The van der Waals surface area contributed by atoms with Crippen molar-refractivity contribution in [1.82, 2.24) is 0 Å². The van der Waals surface area contributed by atoms with E-state index >= 15 is 0 Å². The van der Waals surface area contributed by atoms with Crippen LogP contribution < -0.4 is 0 Å². The van der Waals surface area contributed by atoms with Crippen LogP contribution in [0.1, 0.15) is 104 Å². The second-order valence-electron chi connectivity index (χ2n) is 6.88. The van der Waals surface area contributed by atoms with Gasteiger partial charge in [0.1, 0.15) is 0 Å². The monoisotopic (exact) mass is 418 g/mol. The number of rotatable bonds is 20. The zero-order valence-electron chi connectivity index (χ0n) is 16.9. The summed E-state index contributed by atoms with van der Waals surface area (Å²) in [6, 6.07) is 0. The Kier molecular flexibility index (Phi) is 22.3. The normalized spacial score (nSPS) is 11.8. The van der Waals surface area contributed by atoms with Gasteiger partial charge >= 0.3 is 0 Å². The molecular formula is C22H43BrO2. The van der Waals surface area contributed by atoms with Gasteiger partial charge in [0.05, 0.1) is 0 Å². The van der Waals surface area contributed by atoms with Crippen molar-refractivity contribution in [3.05, 3.63) is 12.2 Å². The zero-order chi connectivity index (χ0) is 18.4. The Hall–Kier alpha value is 0.140. The first kappa shape index (κ1) is 25.1. The molecule has 0 radical (unpaired) electrons. The third kappa shape index (κ3) is 20.3. The van der Waals surface area contributed by atoms with Crippen LogP contribution in [-0.4, -0.2) is 24.8 Å². The molecule has 3 heteroatoms. The molecule has 0 aliphatic heterocycles. The molecule has 25 heavy (non-hydrogen) atoms. The van der Waals surface area contributed by atoms with Crippen molar-refractivity contribution < 1.29 is 9.47 Å². The maximum Gasteiger partial charge on any atom is 0.157 e. The highest BCUT2D eigenvalue weighted by Crippen LogP contribution is 2.13. The lowest BCUT2D eigenvalue weighted by Crippen LogP contribution is -2.18. The zero-order valence-corrected chi connectivity index (χ0v) is 18.5. The predicted molar refractivity (Wildman–Crippen MR) is 115 cm³/mol.